The fourth-order valence-corrected chi connectivity index (χ4v) is 2.85. The molecule has 3 rings (SSSR count). The van der Waals surface area contributed by atoms with Crippen molar-refractivity contribution in [1.29, 1.82) is 0 Å². The molecule has 0 bridgehead atoms. The first-order valence-corrected chi connectivity index (χ1v) is 8.34. The highest BCUT2D eigenvalue weighted by atomic mass is 16.6. The minimum atomic E-state index is -0.512. The SMILES string of the molecule is CCn1cc(OC(=O)NC2CCC2)c2cc(OC)c(OC)cc2c1=O. The van der Waals surface area contributed by atoms with Crippen LogP contribution in [0.25, 0.3) is 10.8 Å². The Labute approximate surface area is 145 Å². The molecule has 0 atom stereocenters. The molecule has 7 nitrogen and oxygen atoms in total. The lowest BCUT2D eigenvalue weighted by atomic mass is 9.93. The summed E-state index contributed by atoms with van der Waals surface area (Å²) >= 11 is 0. The van der Waals surface area contributed by atoms with Gasteiger partial charge in [0.05, 0.1) is 25.8 Å². The van der Waals surface area contributed by atoms with E-state index in [0.717, 1.165) is 19.3 Å². The summed E-state index contributed by atoms with van der Waals surface area (Å²) in [5.41, 5.74) is -0.176. The van der Waals surface area contributed by atoms with Crippen LogP contribution in [0.2, 0.25) is 0 Å². The van der Waals surface area contributed by atoms with Crippen molar-refractivity contribution in [2.24, 2.45) is 0 Å². The van der Waals surface area contributed by atoms with Gasteiger partial charge in [-0.25, -0.2) is 4.79 Å². The maximum Gasteiger partial charge on any atom is 0.412 e. The Kier molecular flexibility index (Phi) is 4.83. The van der Waals surface area contributed by atoms with Crippen LogP contribution < -0.4 is 25.1 Å². The minimum absolute atomic E-state index is 0.172. The number of hydrogen-bond acceptors (Lipinski definition) is 5. The average Bonchev–Trinajstić information content (AvgIpc) is 2.59. The van der Waals surface area contributed by atoms with Crippen LogP contribution in [0.3, 0.4) is 0 Å². The van der Waals surface area contributed by atoms with Crippen LogP contribution in [0.15, 0.2) is 23.1 Å². The highest BCUT2D eigenvalue weighted by Gasteiger charge is 2.22. The molecule has 0 spiro atoms. The van der Waals surface area contributed by atoms with Gasteiger partial charge < -0.3 is 24.1 Å². The predicted molar refractivity (Wildman–Crippen MR) is 93.8 cm³/mol. The number of ether oxygens (including phenoxy) is 3. The van der Waals surface area contributed by atoms with Crippen molar-refractivity contribution < 1.29 is 19.0 Å². The Balaban J connectivity index is 2.07. The first-order valence-electron chi connectivity index (χ1n) is 8.34. The number of aryl methyl sites for hydroxylation is 1. The van der Waals surface area contributed by atoms with E-state index in [1.54, 1.807) is 18.3 Å². The standard InChI is InChI=1S/C18H22N2O5/c1-4-20-10-16(25-18(22)19-11-6-5-7-11)12-8-14(23-2)15(24-3)9-13(12)17(20)21/h8-11H,4-7H2,1-3H3,(H,19,22). The van der Waals surface area contributed by atoms with Gasteiger partial charge in [-0.2, -0.15) is 0 Å². The molecule has 0 saturated heterocycles. The van der Waals surface area contributed by atoms with Gasteiger partial charge in [-0.3, -0.25) is 4.79 Å². The van der Waals surface area contributed by atoms with Crippen LogP contribution in [0.5, 0.6) is 17.2 Å². The number of fused-ring (bicyclic) bond motifs is 1. The lowest BCUT2D eigenvalue weighted by molar-refractivity contribution is 0.188. The van der Waals surface area contributed by atoms with Crippen molar-refractivity contribution in [1.82, 2.24) is 9.88 Å². The highest BCUT2D eigenvalue weighted by Crippen LogP contribution is 2.35. The lowest BCUT2D eigenvalue weighted by Gasteiger charge is -2.25. The maximum absolute atomic E-state index is 12.6. The number of hydrogen-bond donors (Lipinski definition) is 1. The van der Waals surface area contributed by atoms with Crippen molar-refractivity contribution in [3.8, 4) is 17.2 Å². The fraction of sp³-hybridized carbons (Fsp3) is 0.444. The number of methoxy groups -OCH3 is 2. The smallest absolute Gasteiger partial charge is 0.412 e. The number of aromatic nitrogens is 1. The van der Waals surface area contributed by atoms with Crippen LogP contribution >= 0.6 is 0 Å². The monoisotopic (exact) mass is 346 g/mol. The number of nitrogens with one attached hydrogen (secondary N) is 1. The Bertz CT molecular complexity index is 855. The summed E-state index contributed by atoms with van der Waals surface area (Å²) < 4.78 is 17.6. The van der Waals surface area contributed by atoms with E-state index < -0.39 is 6.09 Å². The molecule has 1 aliphatic carbocycles. The van der Waals surface area contributed by atoms with Crippen LogP contribution in [-0.2, 0) is 6.54 Å². The van der Waals surface area contributed by atoms with Crippen LogP contribution in [0, 0.1) is 0 Å². The summed E-state index contributed by atoms with van der Waals surface area (Å²) in [5, 5.41) is 3.75. The van der Waals surface area contributed by atoms with Crippen LogP contribution in [-0.4, -0.2) is 30.9 Å². The molecule has 1 saturated carbocycles. The number of rotatable bonds is 5. The molecule has 1 fully saturated rings. The first kappa shape index (κ1) is 17.1. The molecule has 0 unspecified atom stereocenters. The van der Waals surface area contributed by atoms with E-state index in [9.17, 15) is 9.59 Å². The van der Waals surface area contributed by atoms with Gasteiger partial charge in [0, 0.05) is 18.0 Å². The molecule has 1 N–H and O–H groups in total. The summed E-state index contributed by atoms with van der Waals surface area (Å²) in [4.78, 5) is 24.8. The van der Waals surface area contributed by atoms with E-state index in [1.165, 1.54) is 18.8 Å². The zero-order valence-electron chi connectivity index (χ0n) is 14.6. The molecular weight excluding hydrogens is 324 g/mol. The Morgan fingerprint density at radius 1 is 1.16 bits per heavy atom. The lowest BCUT2D eigenvalue weighted by Crippen LogP contribution is -2.41. The topological polar surface area (TPSA) is 78.8 Å². The second-order valence-electron chi connectivity index (χ2n) is 6.00. The third-order valence-electron chi connectivity index (χ3n) is 4.52. The van der Waals surface area contributed by atoms with E-state index in [1.807, 2.05) is 6.92 Å². The third kappa shape index (κ3) is 3.26. The molecule has 134 valence electrons. The normalized spacial score (nSPS) is 14.0. The van der Waals surface area contributed by atoms with Gasteiger partial charge >= 0.3 is 6.09 Å². The van der Waals surface area contributed by atoms with Crippen LogP contribution in [0.1, 0.15) is 26.2 Å². The van der Waals surface area contributed by atoms with E-state index in [0.29, 0.717) is 34.6 Å². The van der Waals surface area contributed by atoms with E-state index in [4.69, 9.17) is 14.2 Å². The zero-order chi connectivity index (χ0) is 18.0. The molecule has 2 aromatic rings. The summed E-state index contributed by atoms with van der Waals surface area (Å²) in [6.07, 6.45) is 4.09. The van der Waals surface area contributed by atoms with E-state index in [2.05, 4.69) is 5.32 Å². The summed E-state index contributed by atoms with van der Waals surface area (Å²) in [5.74, 6) is 1.23. The van der Waals surface area contributed by atoms with Gasteiger partial charge in [0.25, 0.3) is 5.56 Å². The first-order chi connectivity index (χ1) is 12.1. The van der Waals surface area contributed by atoms with Crippen molar-refractivity contribution in [3.63, 3.8) is 0 Å². The van der Waals surface area contributed by atoms with Gasteiger partial charge in [-0.05, 0) is 38.3 Å². The molecule has 1 aromatic carbocycles. The predicted octanol–water partition coefficient (Wildman–Crippen LogP) is 2.68. The Morgan fingerprint density at radius 3 is 2.32 bits per heavy atom. The quantitative estimate of drug-likeness (QED) is 0.900. The second-order valence-corrected chi connectivity index (χ2v) is 6.00. The number of carbonyl (C=O) groups is 1. The molecule has 1 aromatic heterocycles. The largest absolute Gasteiger partial charge is 0.493 e. The summed E-state index contributed by atoms with van der Waals surface area (Å²) in [7, 11) is 3.02. The van der Waals surface area contributed by atoms with Gasteiger partial charge in [0.15, 0.2) is 17.2 Å². The third-order valence-corrected chi connectivity index (χ3v) is 4.52. The average molecular weight is 346 g/mol. The Morgan fingerprint density at radius 2 is 1.80 bits per heavy atom. The molecule has 1 amide bonds. The van der Waals surface area contributed by atoms with E-state index >= 15 is 0 Å². The molecular formula is C18H22N2O5. The number of benzene rings is 1. The van der Waals surface area contributed by atoms with Crippen molar-refractivity contribution >= 4 is 16.9 Å². The molecule has 0 radical (unpaired) electrons. The van der Waals surface area contributed by atoms with Gasteiger partial charge in [-0.15, -0.1) is 0 Å². The molecule has 7 heteroatoms. The van der Waals surface area contributed by atoms with Crippen molar-refractivity contribution in [3.05, 3.63) is 28.7 Å². The van der Waals surface area contributed by atoms with Crippen molar-refractivity contribution in [2.45, 2.75) is 38.8 Å². The number of pyridine rings is 1. The number of amides is 1. The molecule has 25 heavy (non-hydrogen) atoms. The number of carbonyl (C=O) groups excluding carboxylic acids is 1. The maximum atomic E-state index is 12.6. The number of nitrogens with zero attached hydrogens (tertiary/aromatic N) is 1. The Hall–Kier alpha value is -2.70. The summed E-state index contributed by atoms with van der Waals surface area (Å²) in [6, 6.07) is 3.44. The fourth-order valence-electron chi connectivity index (χ4n) is 2.85. The summed E-state index contributed by atoms with van der Waals surface area (Å²) in [6.45, 7) is 2.32. The molecule has 1 aliphatic rings. The van der Waals surface area contributed by atoms with Gasteiger partial charge in [0.1, 0.15) is 0 Å². The van der Waals surface area contributed by atoms with E-state index in [-0.39, 0.29) is 11.6 Å². The van der Waals surface area contributed by atoms with Crippen molar-refractivity contribution in [2.75, 3.05) is 14.2 Å². The molecule has 0 aliphatic heterocycles. The van der Waals surface area contributed by atoms with Crippen LogP contribution in [0.4, 0.5) is 4.79 Å². The zero-order valence-corrected chi connectivity index (χ0v) is 14.6. The van der Waals surface area contributed by atoms with Gasteiger partial charge in [-0.1, -0.05) is 0 Å². The molecule has 1 heterocycles. The van der Waals surface area contributed by atoms with Gasteiger partial charge in [0.2, 0.25) is 0 Å². The minimum Gasteiger partial charge on any atom is -0.493 e. The second kappa shape index (κ2) is 7.04. The highest BCUT2D eigenvalue weighted by molar-refractivity contribution is 5.92.